The van der Waals surface area contributed by atoms with Gasteiger partial charge in [0.1, 0.15) is 0 Å². The summed E-state index contributed by atoms with van der Waals surface area (Å²) in [5, 5.41) is 0. The zero-order valence-corrected chi connectivity index (χ0v) is 11.6. The van der Waals surface area contributed by atoms with Crippen LogP contribution in [0.25, 0.3) is 0 Å². The molecule has 0 spiro atoms. The van der Waals surface area contributed by atoms with Gasteiger partial charge in [-0.15, -0.1) is 0 Å². The molecular weight excluding hydrogens is 305 g/mol. The highest BCUT2D eigenvalue weighted by Gasteiger charge is 2.08. The minimum Gasteiger partial charge on any atom is -0.493 e. The third-order valence-corrected chi connectivity index (χ3v) is 3.08. The first-order chi connectivity index (χ1) is 6.72. The van der Waals surface area contributed by atoms with E-state index in [9.17, 15) is 0 Å². The van der Waals surface area contributed by atoms with Gasteiger partial charge in [-0.3, -0.25) is 0 Å². The van der Waals surface area contributed by atoms with Crippen LogP contribution in [0.2, 0.25) is 0 Å². The molecule has 1 aromatic carbocycles. The van der Waals surface area contributed by atoms with Crippen LogP contribution in [0.3, 0.4) is 0 Å². The van der Waals surface area contributed by atoms with Gasteiger partial charge >= 0.3 is 0 Å². The number of methoxy groups -OCH3 is 2. The first kappa shape index (κ1) is 14.5. The van der Waals surface area contributed by atoms with Gasteiger partial charge in [0.15, 0.2) is 11.5 Å². The largest absolute Gasteiger partial charge is 0.493 e. The van der Waals surface area contributed by atoms with E-state index in [-0.39, 0.29) is 6.15 Å². The average Bonchev–Trinajstić information content (AvgIpc) is 2.20. The SMILES string of the molecule is CCCc1cc(OC)c(OC)cc1I.N. The fourth-order valence-electron chi connectivity index (χ4n) is 1.36. The molecule has 0 heterocycles. The maximum Gasteiger partial charge on any atom is 0.161 e. The van der Waals surface area contributed by atoms with Gasteiger partial charge in [0.25, 0.3) is 0 Å². The van der Waals surface area contributed by atoms with E-state index in [0.717, 1.165) is 24.3 Å². The topological polar surface area (TPSA) is 53.5 Å². The Bertz CT molecular complexity index is 316. The van der Waals surface area contributed by atoms with Gasteiger partial charge < -0.3 is 15.6 Å². The Balaban J connectivity index is 0.00000196. The summed E-state index contributed by atoms with van der Waals surface area (Å²) in [5.41, 5.74) is 1.32. The van der Waals surface area contributed by atoms with E-state index >= 15 is 0 Å². The molecule has 0 bridgehead atoms. The summed E-state index contributed by atoms with van der Waals surface area (Å²) in [4.78, 5) is 0. The molecule has 0 amide bonds. The van der Waals surface area contributed by atoms with Crippen LogP contribution < -0.4 is 15.6 Å². The standard InChI is InChI=1S/C11H15IO2.H3N/c1-4-5-8-6-10(13-2)11(14-3)7-9(8)12;/h6-7H,4-5H2,1-3H3;1H3. The fraction of sp³-hybridized carbons (Fsp3) is 0.455. The molecule has 0 unspecified atom stereocenters. The second kappa shape index (κ2) is 6.90. The Morgan fingerprint density at radius 2 is 1.67 bits per heavy atom. The highest BCUT2D eigenvalue weighted by molar-refractivity contribution is 14.1. The van der Waals surface area contributed by atoms with Crippen molar-refractivity contribution in [1.82, 2.24) is 6.15 Å². The number of hydrogen-bond donors (Lipinski definition) is 1. The zero-order chi connectivity index (χ0) is 10.6. The minimum absolute atomic E-state index is 0. The van der Waals surface area contributed by atoms with Gasteiger partial charge in [0.05, 0.1) is 14.2 Å². The van der Waals surface area contributed by atoms with Gasteiger partial charge in [-0.25, -0.2) is 0 Å². The molecule has 0 fully saturated rings. The Kier molecular flexibility index (Phi) is 6.67. The van der Waals surface area contributed by atoms with E-state index in [2.05, 4.69) is 35.6 Å². The van der Waals surface area contributed by atoms with Crippen molar-refractivity contribution in [2.45, 2.75) is 19.8 Å². The van der Waals surface area contributed by atoms with Crippen molar-refractivity contribution < 1.29 is 9.47 Å². The van der Waals surface area contributed by atoms with Crippen LogP contribution in [0.1, 0.15) is 18.9 Å². The van der Waals surface area contributed by atoms with Crippen molar-refractivity contribution in [3.8, 4) is 11.5 Å². The molecule has 0 aliphatic rings. The lowest BCUT2D eigenvalue weighted by Crippen LogP contribution is -1.95. The van der Waals surface area contributed by atoms with Crippen LogP contribution in [0.4, 0.5) is 0 Å². The molecule has 0 aliphatic heterocycles. The molecule has 15 heavy (non-hydrogen) atoms. The molecule has 0 aliphatic carbocycles. The fourth-order valence-corrected chi connectivity index (χ4v) is 2.07. The predicted octanol–water partition coefficient (Wildman–Crippen LogP) is 3.42. The number of aryl methyl sites for hydroxylation is 1. The van der Waals surface area contributed by atoms with Crippen molar-refractivity contribution in [3.63, 3.8) is 0 Å². The summed E-state index contributed by atoms with van der Waals surface area (Å²) in [6, 6.07) is 4.08. The Hall–Kier alpha value is -0.490. The average molecular weight is 323 g/mol. The monoisotopic (exact) mass is 323 g/mol. The molecule has 3 nitrogen and oxygen atoms in total. The predicted molar refractivity (Wildman–Crippen MR) is 71.3 cm³/mol. The minimum atomic E-state index is 0. The Morgan fingerprint density at radius 1 is 1.13 bits per heavy atom. The summed E-state index contributed by atoms with van der Waals surface area (Å²) in [7, 11) is 3.33. The van der Waals surface area contributed by atoms with Gasteiger partial charge in [0, 0.05) is 3.57 Å². The Morgan fingerprint density at radius 3 is 2.13 bits per heavy atom. The van der Waals surface area contributed by atoms with E-state index in [0.29, 0.717) is 0 Å². The molecule has 0 atom stereocenters. The highest BCUT2D eigenvalue weighted by Crippen LogP contribution is 2.31. The zero-order valence-electron chi connectivity index (χ0n) is 9.47. The van der Waals surface area contributed by atoms with E-state index in [1.807, 2.05) is 6.07 Å². The second-order valence-corrected chi connectivity index (χ2v) is 4.21. The van der Waals surface area contributed by atoms with Gasteiger partial charge in [-0.05, 0) is 46.7 Å². The van der Waals surface area contributed by atoms with Crippen molar-refractivity contribution in [2.75, 3.05) is 14.2 Å². The molecular formula is C11H18INO2. The van der Waals surface area contributed by atoms with Crippen molar-refractivity contribution in [1.29, 1.82) is 0 Å². The highest BCUT2D eigenvalue weighted by atomic mass is 127. The third-order valence-electron chi connectivity index (χ3n) is 2.07. The summed E-state index contributed by atoms with van der Waals surface area (Å²) >= 11 is 2.33. The lowest BCUT2D eigenvalue weighted by molar-refractivity contribution is 0.354. The normalized spacial score (nSPS) is 9.33. The van der Waals surface area contributed by atoms with Gasteiger partial charge in [0.2, 0.25) is 0 Å². The van der Waals surface area contributed by atoms with Crippen LogP contribution in [0.15, 0.2) is 12.1 Å². The molecule has 0 saturated carbocycles. The summed E-state index contributed by atoms with van der Waals surface area (Å²) in [6.07, 6.45) is 2.23. The Labute approximate surface area is 105 Å². The van der Waals surface area contributed by atoms with Crippen LogP contribution in [0.5, 0.6) is 11.5 Å². The first-order valence-corrected chi connectivity index (χ1v) is 5.71. The lowest BCUT2D eigenvalue weighted by atomic mass is 10.1. The molecule has 0 radical (unpaired) electrons. The van der Waals surface area contributed by atoms with Crippen molar-refractivity contribution in [2.24, 2.45) is 0 Å². The molecule has 3 N–H and O–H groups in total. The number of rotatable bonds is 4. The maximum absolute atomic E-state index is 5.25. The first-order valence-electron chi connectivity index (χ1n) is 4.63. The van der Waals surface area contributed by atoms with Crippen LogP contribution in [-0.2, 0) is 6.42 Å². The molecule has 1 rings (SSSR count). The quantitative estimate of drug-likeness (QED) is 0.864. The molecule has 1 aromatic rings. The van der Waals surface area contributed by atoms with Crippen LogP contribution in [-0.4, -0.2) is 14.2 Å². The number of halogens is 1. The van der Waals surface area contributed by atoms with Gasteiger partial charge in [-0.1, -0.05) is 13.3 Å². The van der Waals surface area contributed by atoms with E-state index in [4.69, 9.17) is 9.47 Å². The molecule has 0 aromatic heterocycles. The maximum atomic E-state index is 5.25. The van der Waals surface area contributed by atoms with Gasteiger partial charge in [-0.2, -0.15) is 0 Å². The summed E-state index contributed by atoms with van der Waals surface area (Å²) in [6.45, 7) is 2.17. The smallest absolute Gasteiger partial charge is 0.161 e. The van der Waals surface area contributed by atoms with Crippen molar-refractivity contribution in [3.05, 3.63) is 21.3 Å². The second-order valence-electron chi connectivity index (χ2n) is 3.05. The van der Waals surface area contributed by atoms with E-state index in [1.54, 1.807) is 14.2 Å². The number of ether oxygens (including phenoxy) is 2. The van der Waals surface area contributed by atoms with E-state index in [1.165, 1.54) is 9.13 Å². The van der Waals surface area contributed by atoms with E-state index < -0.39 is 0 Å². The van der Waals surface area contributed by atoms with Crippen LogP contribution >= 0.6 is 22.6 Å². The molecule has 0 saturated heterocycles. The summed E-state index contributed by atoms with van der Waals surface area (Å²) < 4.78 is 11.7. The molecule has 4 heteroatoms. The summed E-state index contributed by atoms with van der Waals surface area (Å²) in [5.74, 6) is 1.62. The lowest BCUT2D eigenvalue weighted by Gasteiger charge is -2.11. The molecule has 86 valence electrons. The third kappa shape index (κ3) is 3.53. The number of hydrogen-bond acceptors (Lipinski definition) is 3. The van der Waals surface area contributed by atoms with Crippen LogP contribution in [0, 0.1) is 3.57 Å². The number of benzene rings is 1. The van der Waals surface area contributed by atoms with Crippen molar-refractivity contribution >= 4 is 22.6 Å².